The fourth-order valence-electron chi connectivity index (χ4n) is 0.812. The standard InChI is InChI=1S/C7H4ClN3S/c8-7-10-6(12-11-7)5-2-1-3-9-4-5/h1-4H. The Labute approximate surface area is 78.2 Å². The van der Waals surface area contributed by atoms with Crippen LogP contribution in [-0.2, 0) is 0 Å². The van der Waals surface area contributed by atoms with Crippen LogP contribution in [0.5, 0.6) is 0 Å². The molecule has 0 aromatic carbocycles. The van der Waals surface area contributed by atoms with Crippen LogP contribution in [0.4, 0.5) is 0 Å². The highest BCUT2D eigenvalue weighted by Crippen LogP contribution is 2.21. The first-order chi connectivity index (χ1) is 5.86. The third kappa shape index (κ3) is 1.44. The van der Waals surface area contributed by atoms with E-state index >= 15 is 0 Å². The van der Waals surface area contributed by atoms with Crippen molar-refractivity contribution < 1.29 is 0 Å². The van der Waals surface area contributed by atoms with E-state index in [-0.39, 0.29) is 0 Å². The second-order valence-electron chi connectivity index (χ2n) is 2.11. The zero-order valence-corrected chi connectivity index (χ0v) is 7.51. The summed E-state index contributed by atoms with van der Waals surface area (Å²) in [6.45, 7) is 0. The van der Waals surface area contributed by atoms with Crippen molar-refractivity contribution >= 4 is 23.1 Å². The first kappa shape index (κ1) is 7.64. The molecular formula is C7H4ClN3S. The van der Waals surface area contributed by atoms with E-state index in [4.69, 9.17) is 11.6 Å². The second kappa shape index (κ2) is 3.16. The Kier molecular flexibility index (Phi) is 2.01. The molecular weight excluding hydrogens is 194 g/mol. The average Bonchev–Trinajstić information content (AvgIpc) is 2.54. The van der Waals surface area contributed by atoms with Crippen LogP contribution < -0.4 is 0 Å². The lowest BCUT2D eigenvalue weighted by Crippen LogP contribution is -1.76. The van der Waals surface area contributed by atoms with Crippen molar-refractivity contribution in [3.63, 3.8) is 0 Å². The minimum Gasteiger partial charge on any atom is -0.264 e. The van der Waals surface area contributed by atoms with Gasteiger partial charge in [0.25, 0.3) is 0 Å². The zero-order valence-electron chi connectivity index (χ0n) is 5.94. The normalized spacial score (nSPS) is 10.1. The Morgan fingerprint density at radius 2 is 2.33 bits per heavy atom. The van der Waals surface area contributed by atoms with E-state index in [0.717, 1.165) is 10.6 Å². The van der Waals surface area contributed by atoms with E-state index in [1.165, 1.54) is 11.5 Å². The van der Waals surface area contributed by atoms with Crippen molar-refractivity contribution in [2.24, 2.45) is 0 Å². The molecule has 0 fully saturated rings. The molecule has 0 aliphatic carbocycles. The third-order valence-corrected chi connectivity index (χ3v) is 2.34. The van der Waals surface area contributed by atoms with Crippen molar-refractivity contribution in [1.29, 1.82) is 0 Å². The number of hydrogen-bond acceptors (Lipinski definition) is 4. The minimum absolute atomic E-state index is 0.291. The van der Waals surface area contributed by atoms with Crippen LogP contribution in [0.15, 0.2) is 24.5 Å². The van der Waals surface area contributed by atoms with Gasteiger partial charge in [-0.2, -0.15) is 4.37 Å². The lowest BCUT2D eigenvalue weighted by Gasteiger charge is -1.90. The van der Waals surface area contributed by atoms with Crippen LogP contribution in [0.2, 0.25) is 5.28 Å². The van der Waals surface area contributed by atoms with Gasteiger partial charge in [0.15, 0.2) is 0 Å². The molecule has 0 unspecified atom stereocenters. The van der Waals surface area contributed by atoms with Gasteiger partial charge in [0.2, 0.25) is 5.28 Å². The molecule has 2 aromatic heterocycles. The smallest absolute Gasteiger partial charge is 0.234 e. The first-order valence-electron chi connectivity index (χ1n) is 3.26. The molecule has 0 radical (unpaired) electrons. The molecule has 0 atom stereocenters. The van der Waals surface area contributed by atoms with Gasteiger partial charge in [-0.1, -0.05) is 0 Å². The molecule has 60 valence electrons. The summed E-state index contributed by atoms with van der Waals surface area (Å²) in [6, 6.07) is 3.77. The molecule has 0 aliphatic heterocycles. The molecule has 0 amide bonds. The summed E-state index contributed by atoms with van der Waals surface area (Å²) >= 11 is 6.85. The fourth-order valence-corrected chi connectivity index (χ4v) is 1.61. The quantitative estimate of drug-likeness (QED) is 0.704. The lowest BCUT2D eigenvalue weighted by atomic mass is 10.3. The zero-order chi connectivity index (χ0) is 8.39. The minimum atomic E-state index is 0.291. The highest BCUT2D eigenvalue weighted by atomic mass is 35.5. The Bertz CT molecular complexity index is 373. The van der Waals surface area contributed by atoms with Gasteiger partial charge >= 0.3 is 0 Å². The number of hydrogen-bond donors (Lipinski definition) is 0. The molecule has 0 spiro atoms. The maximum absolute atomic E-state index is 5.58. The summed E-state index contributed by atoms with van der Waals surface area (Å²) in [4.78, 5) is 7.98. The van der Waals surface area contributed by atoms with E-state index in [2.05, 4.69) is 14.3 Å². The van der Waals surface area contributed by atoms with Gasteiger partial charge in [0.05, 0.1) is 0 Å². The molecule has 0 saturated heterocycles. The molecule has 2 rings (SSSR count). The van der Waals surface area contributed by atoms with Crippen LogP contribution >= 0.6 is 23.1 Å². The van der Waals surface area contributed by atoms with E-state index in [1.807, 2.05) is 12.1 Å². The molecule has 0 aliphatic rings. The van der Waals surface area contributed by atoms with Crippen LogP contribution in [0.3, 0.4) is 0 Å². The molecule has 2 heterocycles. The topological polar surface area (TPSA) is 38.7 Å². The van der Waals surface area contributed by atoms with Crippen molar-refractivity contribution in [1.82, 2.24) is 14.3 Å². The van der Waals surface area contributed by atoms with Crippen LogP contribution in [0.1, 0.15) is 0 Å². The Morgan fingerprint density at radius 3 is 2.92 bits per heavy atom. The molecule has 0 saturated carbocycles. The molecule has 0 N–H and O–H groups in total. The number of halogens is 1. The lowest BCUT2D eigenvalue weighted by molar-refractivity contribution is 1.29. The number of pyridine rings is 1. The molecule has 5 heteroatoms. The second-order valence-corrected chi connectivity index (χ2v) is 3.20. The van der Waals surface area contributed by atoms with Crippen molar-refractivity contribution in [3.8, 4) is 10.6 Å². The summed E-state index contributed by atoms with van der Waals surface area (Å²) in [6.07, 6.45) is 3.45. The molecule has 12 heavy (non-hydrogen) atoms. The SMILES string of the molecule is Clc1nsc(-c2cccnc2)n1. The summed E-state index contributed by atoms with van der Waals surface area (Å²) in [5.41, 5.74) is 0.946. The largest absolute Gasteiger partial charge is 0.264 e. The number of nitrogens with zero attached hydrogens (tertiary/aromatic N) is 3. The van der Waals surface area contributed by atoms with Crippen LogP contribution in [0.25, 0.3) is 10.6 Å². The summed E-state index contributed by atoms with van der Waals surface area (Å²) < 4.78 is 3.86. The van der Waals surface area contributed by atoms with Gasteiger partial charge in [-0.25, -0.2) is 4.98 Å². The van der Waals surface area contributed by atoms with Gasteiger partial charge in [-0.3, -0.25) is 4.98 Å². The van der Waals surface area contributed by atoms with E-state index < -0.39 is 0 Å². The van der Waals surface area contributed by atoms with E-state index in [0.29, 0.717) is 5.28 Å². The Balaban J connectivity index is 2.45. The van der Waals surface area contributed by atoms with Crippen molar-refractivity contribution in [2.75, 3.05) is 0 Å². The number of rotatable bonds is 1. The van der Waals surface area contributed by atoms with Crippen molar-refractivity contribution in [3.05, 3.63) is 29.8 Å². The average molecular weight is 198 g/mol. The highest BCUT2D eigenvalue weighted by Gasteiger charge is 2.02. The number of aromatic nitrogens is 3. The van der Waals surface area contributed by atoms with Gasteiger partial charge in [-0.05, 0) is 35.3 Å². The van der Waals surface area contributed by atoms with E-state index in [1.54, 1.807) is 12.4 Å². The van der Waals surface area contributed by atoms with Gasteiger partial charge in [0, 0.05) is 18.0 Å². The highest BCUT2D eigenvalue weighted by molar-refractivity contribution is 7.09. The van der Waals surface area contributed by atoms with Crippen LogP contribution in [0, 0.1) is 0 Å². The van der Waals surface area contributed by atoms with Gasteiger partial charge < -0.3 is 0 Å². The summed E-state index contributed by atoms with van der Waals surface area (Å²) in [5.74, 6) is 0. The first-order valence-corrected chi connectivity index (χ1v) is 4.41. The molecule has 2 aromatic rings. The predicted molar refractivity (Wildman–Crippen MR) is 48.2 cm³/mol. The predicted octanol–water partition coefficient (Wildman–Crippen LogP) is 2.25. The maximum atomic E-state index is 5.58. The van der Waals surface area contributed by atoms with Gasteiger partial charge in [0.1, 0.15) is 5.01 Å². The monoisotopic (exact) mass is 197 g/mol. The van der Waals surface area contributed by atoms with E-state index in [9.17, 15) is 0 Å². The third-order valence-electron chi connectivity index (χ3n) is 1.31. The molecule has 0 bridgehead atoms. The fraction of sp³-hybridized carbons (Fsp3) is 0. The maximum Gasteiger partial charge on any atom is 0.234 e. The Hall–Kier alpha value is -1.00. The van der Waals surface area contributed by atoms with Crippen LogP contribution in [-0.4, -0.2) is 14.3 Å². The molecule has 3 nitrogen and oxygen atoms in total. The van der Waals surface area contributed by atoms with Crippen molar-refractivity contribution in [2.45, 2.75) is 0 Å². The Morgan fingerprint density at radius 1 is 1.42 bits per heavy atom. The summed E-state index contributed by atoms with van der Waals surface area (Å²) in [5, 5.41) is 1.09. The van der Waals surface area contributed by atoms with Gasteiger partial charge in [-0.15, -0.1) is 0 Å². The summed E-state index contributed by atoms with van der Waals surface area (Å²) in [7, 11) is 0.